The van der Waals surface area contributed by atoms with Gasteiger partial charge in [0.1, 0.15) is 0 Å². The lowest BCUT2D eigenvalue weighted by molar-refractivity contribution is -0.133. The number of thiophene rings is 1. The van der Waals surface area contributed by atoms with Crippen LogP contribution in [0.4, 0.5) is 0 Å². The summed E-state index contributed by atoms with van der Waals surface area (Å²) in [7, 11) is 1.88. The van der Waals surface area contributed by atoms with Crippen molar-refractivity contribution in [1.82, 2.24) is 4.90 Å². The fraction of sp³-hybridized carbons (Fsp3) is 0.643. The molecule has 0 saturated heterocycles. The topological polar surface area (TPSA) is 46.3 Å². The zero-order valence-electron chi connectivity index (χ0n) is 11.4. The Hall–Kier alpha value is -0.870. The molecule has 100 valence electrons. The highest BCUT2D eigenvalue weighted by molar-refractivity contribution is 7.12. The van der Waals surface area contributed by atoms with Crippen LogP contribution in [0.2, 0.25) is 0 Å². The summed E-state index contributed by atoms with van der Waals surface area (Å²) in [5, 5.41) is 0. The molecule has 1 amide bonds. The Balaban J connectivity index is 1.97. The lowest BCUT2D eigenvalue weighted by Gasteiger charge is -2.39. The maximum atomic E-state index is 12.2. The number of rotatable bonds is 4. The lowest BCUT2D eigenvalue weighted by atomic mass is 9.75. The Bertz CT molecular complexity index is 437. The zero-order chi connectivity index (χ0) is 13.3. The van der Waals surface area contributed by atoms with Crippen LogP contribution in [-0.2, 0) is 4.79 Å². The van der Waals surface area contributed by atoms with Gasteiger partial charge < -0.3 is 10.6 Å². The van der Waals surface area contributed by atoms with E-state index in [1.54, 1.807) is 11.3 Å². The van der Waals surface area contributed by atoms with Gasteiger partial charge in [0.05, 0.1) is 6.04 Å². The van der Waals surface area contributed by atoms with Crippen LogP contribution in [0, 0.1) is 6.92 Å². The van der Waals surface area contributed by atoms with E-state index in [4.69, 9.17) is 5.73 Å². The van der Waals surface area contributed by atoms with Crippen molar-refractivity contribution in [1.29, 1.82) is 0 Å². The van der Waals surface area contributed by atoms with E-state index in [1.807, 2.05) is 11.9 Å². The highest BCUT2D eigenvalue weighted by Crippen LogP contribution is 2.34. The molecule has 0 aliphatic heterocycles. The van der Waals surface area contributed by atoms with Gasteiger partial charge in [0.15, 0.2) is 0 Å². The standard InChI is InChI=1S/C14H22N2OS/c1-10-5-6-12(18-10)11(2)16(3)13(17)9-14(15)7-4-8-14/h5-6,11H,4,7-9,15H2,1-3H3. The largest absolute Gasteiger partial charge is 0.338 e. The van der Waals surface area contributed by atoms with E-state index in [1.165, 1.54) is 9.75 Å². The van der Waals surface area contributed by atoms with Gasteiger partial charge in [0.2, 0.25) is 5.91 Å². The molecule has 1 aliphatic rings. The van der Waals surface area contributed by atoms with Crippen molar-refractivity contribution >= 4 is 17.2 Å². The van der Waals surface area contributed by atoms with E-state index in [0.717, 1.165) is 19.3 Å². The molecule has 4 heteroatoms. The molecule has 1 heterocycles. The van der Waals surface area contributed by atoms with Gasteiger partial charge in [-0.3, -0.25) is 4.79 Å². The van der Waals surface area contributed by atoms with Crippen LogP contribution in [0.5, 0.6) is 0 Å². The molecular formula is C14H22N2OS. The number of nitrogens with two attached hydrogens (primary N) is 1. The second-order valence-electron chi connectivity index (χ2n) is 5.52. The first-order valence-electron chi connectivity index (χ1n) is 6.52. The number of hydrogen-bond acceptors (Lipinski definition) is 3. The first kappa shape index (κ1) is 13.6. The number of amides is 1. The predicted octanol–water partition coefficient (Wildman–Crippen LogP) is 2.85. The van der Waals surface area contributed by atoms with Crippen molar-refractivity contribution in [3.8, 4) is 0 Å². The quantitative estimate of drug-likeness (QED) is 0.911. The van der Waals surface area contributed by atoms with E-state index >= 15 is 0 Å². The van der Waals surface area contributed by atoms with Crippen LogP contribution in [0.15, 0.2) is 12.1 Å². The molecule has 1 atom stereocenters. The molecule has 1 saturated carbocycles. The molecule has 3 nitrogen and oxygen atoms in total. The van der Waals surface area contributed by atoms with Gasteiger partial charge in [-0.25, -0.2) is 0 Å². The molecule has 0 bridgehead atoms. The van der Waals surface area contributed by atoms with Crippen molar-refractivity contribution < 1.29 is 4.79 Å². The van der Waals surface area contributed by atoms with Gasteiger partial charge in [-0.15, -0.1) is 11.3 Å². The highest BCUT2D eigenvalue weighted by atomic mass is 32.1. The second kappa shape index (κ2) is 5.02. The van der Waals surface area contributed by atoms with Crippen molar-refractivity contribution in [2.24, 2.45) is 5.73 Å². The summed E-state index contributed by atoms with van der Waals surface area (Å²) in [6.45, 7) is 4.17. The third kappa shape index (κ3) is 2.75. The van der Waals surface area contributed by atoms with E-state index in [0.29, 0.717) is 6.42 Å². The van der Waals surface area contributed by atoms with E-state index in [2.05, 4.69) is 26.0 Å². The lowest BCUT2D eigenvalue weighted by Crippen LogP contribution is -2.50. The van der Waals surface area contributed by atoms with Crippen LogP contribution >= 0.6 is 11.3 Å². The van der Waals surface area contributed by atoms with Crippen LogP contribution in [0.1, 0.15) is 48.4 Å². The molecule has 1 aromatic rings. The third-order valence-electron chi connectivity index (χ3n) is 4.00. The molecule has 0 radical (unpaired) electrons. The predicted molar refractivity (Wildman–Crippen MR) is 75.6 cm³/mol. The van der Waals surface area contributed by atoms with E-state index < -0.39 is 0 Å². The second-order valence-corrected chi connectivity index (χ2v) is 6.84. The molecule has 1 aromatic heterocycles. The van der Waals surface area contributed by atoms with Crippen LogP contribution in [-0.4, -0.2) is 23.4 Å². The molecular weight excluding hydrogens is 244 g/mol. The number of carbonyl (C=O) groups excluding carboxylic acids is 1. The number of hydrogen-bond donors (Lipinski definition) is 1. The smallest absolute Gasteiger partial charge is 0.224 e. The number of nitrogens with zero attached hydrogens (tertiary/aromatic N) is 1. The normalized spacial score (nSPS) is 19.1. The van der Waals surface area contributed by atoms with Gasteiger partial charge in [-0.2, -0.15) is 0 Å². The van der Waals surface area contributed by atoms with Crippen molar-refractivity contribution in [2.75, 3.05) is 7.05 Å². The zero-order valence-corrected chi connectivity index (χ0v) is 12.2. The van der Waals surface area contributed by atoms with Crippen LogP contribution in [0.3, 0.4) is 0 Å². The Kier molecular flexibility index (Phi) is 3.78. The Labute approximate surface area is 113 Å². The van der Waals surface area contributed by atoms with Gasteiger partial charge in [-0.1, -0.05) is 0 Å². The minimum atomic E-state index is -0.226. The summed E-state index contributed by atoms with van der Waals surface area (Å²) in [6, 6.07) is 4.35. The van der Waals surface area contributed by atoms with Crippen molar-refractivity contribution in [3.05, 3.63) is 21.9 Å². The minimum absolute atomic E-state index is 0.139. The van der Waals surface area contributed by atoms with E-state index in [9.17, 15) is 4.79 Å². The SMILES string of the molecule is Cc1ccc(C(C)N(C)C(=O)CC2(N)CCC2)s1. The fourth-order valence-electron chi connectivity index (χ4n) is 2.32. The average molecular weight is 266 g/mol. The first-order chi connectivity index (χ1) is 8.41. The Morgan fingerprint density at radius 2 is 2.22 bits per heavy atom. The third-order valence-corrected chi connectivity index (χ3v) is 5.17. The summed E-state index contributed by atoms with van der Waals surface area (Å²) >= 11 is 1.75. The van der Waals surface area contributed by atoms with E-state index in [-0.39, 0.29) is 17.5 Å². The van der Waals surface area contributed by atoms with Crippen molar-refractivity contribution in [2.45, 2.75) is 51.1 Å². The first-order valence-corrected chi connectivity index (χ1v) is 7.34. The molecule has 1 unspecified atom stereocenters. The fourth-order valence-corrected chi connectivity index (χ4v) is 3.29. The Morgan fingerprint density at radius 1 is 1.56 bits per heavy atom. The Morgan fingerprint density at radius 3 is 2.67 bits per heavy atom. The molecule has 2 N–H and O–H groups in total. The van der Waals surface area contributed by atoms with Crippen LogP contribution in [0.25, 0.3) is 0 Å². The van der Waals surface area contributed by atoms with Crippen molar-refractivity contribution in [3.63, 3.8) is 0 Å². The van der Waals surface area contributed by atoms with Crippen LogP contribution < -0.4 is 5.73 Å². The van der Waals surface area contributed by atoms with Gasteiger partial charge in [0, 0.05) is 28.8 Å². The maximum Gasteiger partial charge on any atom is 0.224 e. The summed E-state index contributed by atoms with van der Waals surface area (Å²) in [4.78, 5) is 16.6. The molecule has 2 rings (SSSR count). The molecule has 0 spiro atoms. The minimum Gasteiger partial charge on any atom is -0.338 e. The van der Waals surface area contributed by atoms with Gasteiger partial charge in [0.25, 0.3) is 0 Å². The molecule has 18 heavy (non-hydrogen) atoms. The van der Waals surface area contributed by atoms with Gasteiger partial charge in [-0.05, 0) is 45.2 Å². The monoisotopic (exact) mass is 266 g/mol. The summed E-state index contributed by atoms with van der Waals surface area (Å²) in [5.74, 6) is 0.163. The highest BCUT2D eigenvalue weighted by Gasteiger charge is 2.36. The average Bonchev–Trinajstić information content (AvgIpc) is 2.71. The summed E-state index contributed by atoms with van der Waals surface area (Å²) < 4.78 is 0. The molecule has 1 fully saturated rings. The maximum absolute atomic E-state index is 12.2. The van der Waals surface area contributed by atoms with Gasteiger partial charge >= 0.3 is 0 Å². The summed E-state index contributed by atoms with van der Waals surface area (Å²) in [6.07, 6.45) is 3.61. The molecule has 0 aromatic carbocycles. The summed E-state index contributed by atoms with van der Waals surface area (Å²) in [5.41, 5.74) is 5.91. The molecule has 1 aliphatic carbocycles. The number of carbonyl (C=O) groups is 1. The number of aryl methyl sites for hydroxylation is 1.